The standard InChI is InChI=1S/C13H11BrO3/c1-16-12(15)13(10-6-7-17-11(10)13)8-2-4-9(14)5-3-8/h2-7,10-11H,1H3/t10-,11+,13+/m1/s1. The minimum atomic E-state index is -0.635. The molecule has 4 heteroatoms. The summed E-state index contributed by atoms with van der Waals surface area (Å²) < 4.78 is 11.4. The topological polar surface area (TPSA) is 35.5 Å². The number of hydrogen-bond donors (Lipinski definition) is 0. The molecular formula is C13H11BrO3. The Morgan fingerprint density at radius 1 is 1.41 bits per heavy atom. The lowest BCUT2D eigenvalue weighted by molar-refractivity contribution is -0.145. The van der Waals surface area contributed by atoms with Gasteiger partial charge in [-0.3, -0.25) is 4.79 Å². The molecule has 3 atom stereocenters. The summed E-state index contributed by atoms with van der Waals surface area (Å²) in [6.07, 6.45) is 3.50. The molecule has 1 aromatic rings. The van der Waals surface area contributed by atoms with Gasteiger partial charge in [-0.05, 0) is 23.8 Å². The van der Waals surface area contributed by atoms with Gasteiger partial charge in [0.05, 0.1) is 13.4 Å². The zero-order chi connectivity index (χ0) is 12.0. The van der Waals surface area contributed by atoms with Crippen LogP contribution in [0.2, 0.25) is 0 Å². The van der Waals surface area contributed by atoms with Crippen molar-refractivity contribution in [3.8, 4) is 0 Å². The van der Waals surface area contributed by atoms with Crippen LogP contribution in [-0.4, -0.2) is 19.2 Å². The Bertz CT molecular complexity index is 494. The van der Waals surface area contributed by atoms with Crippen molar-refractivity contribution < 1.29 is 14.3 Å². The van der Waals surface area contributed by atoms with E-state index < -0.39 is 5.41 Å². The van der Waals surface area contributed by atoms with Gasteiger partial charge in [0.25, 0.3) is 0 Å². The Labute approximate surface area is 108 Å². The van der Waals surface area contributed by atoms with Gasteiger partial charge in [0.15, 0.2) is 0 Å². The third-order valence-corrected chi connectivity index (χ3v) is 4.08. The Morgan fingerprint density at radius 2 is 2.12 bits per heavy atom. The average molecular weight is 295 g/mol. The van der Waals surface area contributed by atoms with Crippen LogP contribution in [0.4, 0.5) is 0 Å². The van der Waals surface area contributed by atoms with Gasteiger partial charge in [-0.15, -0.1) is 0 Å². The smallest absolute Gasteiger partial charge is 0.320 e. The third kappa shape index (κ3) is 1.30. The van der Waals surface area contributed by atoms with Crippen LogP contribution in [0.25, 0.3) is 0 Å². The Morgan fingerprint density at radius 3 is 2.65 bits per heavy atom. The van der Waals surface area contributed by atoms with E-state index in [1.165, 1.54) is 7.11 Å². The van der Waals surface area contributed by atoms with Crippen LogP contribution < -0.4 is 0 Å². The largest absolute Gasteiger partial charge is 0.496 e. The zero-order valence-electron chi connectivity index (χ0n) is 9.22. The molecule has 1 aliphatic carbocycles. The second-order valence-electron chi connectivity index (χ2n) is 4.28. The van der Waals surface area contributed by atoms with Crippen molar-refractivity contribution in [2.24, 2.45) is 5.92 Å². The summed E-state index contributed by atoms with van der Waals surface area (Å²) in [5, 5.41) is 0. The molecule has 0 spiro atoms. The first-order valence-corrected chi connectivity index (χ1v) is 6.17. The van der Waals surface area contributed by atoms with E-state index in [1.807, 2.05) is 30.3 Å². The molecule has 1 aromatic carbocycles. The van der Waals surface area contributed by atoms with Gasteiger partial charge in [-0.2, -0.15) is 0 Å². The maximum absolute atomic E-state index is 12.0. The van der Waals surface area contributed by atoms with Gasteiger partial charge in [-0.1, -0.05) is 28.1 Å². The Hall–Kier alpha value is -1.29. The van der Waals surface area contributed by atoms with E-state index in [-0.39, 0.29) is 18.0 Å². The summed E-state index contributed by atoms with van der Waals surface area (Å²) in [7, 11) is 1.42. The highest BCUT2D eigenvalue weighted by Gasteiger charge is 2.74. The molecule has 17 heavy (non-hydrogen) atoms. The summed E-state index contributed by atoms with van der Waals surface area (Å²) in [5.74, 6) is -0.115. The van der Waals surface area contributed by atoms with Crippen molar-refractivity contribution in [3.63, 3.8) is 0 Å². The minimum Gasteiger partial charge on any atom is -0.496 e. The number of carbonyl (C=O) groups excluding carboxylic acids is 1. The molecule has 3 rings (SSSR count). The van der Waals surface area contributed by atoms with E-state index in [0.717, 1.165) is 10.0 Å². The minimum absolute atomic E-state index is 0.101. The van der Waals surface area contributed by atoms with Crippen molar-refractivity contribution in [1.29, 1.82) is 0 Å². The third-order valence-electron chi connectivity index (χ3n) is 3.55. The summed E-state index contributed by atoms with van der Waals surface area (Å²) in [6, 6.07) is 7.74. The molecule has 0 amide bonds. The molecule has 1 fully saturated rings. The second kappa shape index (κ2) is 3.60. The molecule has 0 aromatic heterocycles. The molecule has 0 bridgehead atoms. The summed E-state index contributed by atoms with van der Waals surface area (Å²) in [6.45, 7) is 0. The molecule has 0 unspecified atom stereocenters. The summed E-state index contributed by atoms with van der Waals surface area (Å²) >= 11 is 3.39. The van der Waals surface area contributed by atoms with Crippen molar-refractivity contribution in [2.75, 3.05) is 7.11 Å². The number of benzene rings is 1. The summed E-state index contributed by atoms with van der Waals surface area (Å²) in [5.41, 5.74) is 0.316. The Balaban J connectivity index is 2.05. The molecule has 0 radical (unpaired) electrons. The Kier molecular flexibility index (Phi) is 2.30. The maximum Gasteiger partial charge on any atom is 0.320 e. The van der Waals surface area contributed by atoms with E-state index in [0.29, 0.717) is 0 Å². The van der Waals surface area contributed by atoms with Crippen molar-refractivity contribution in [1.82, 2.24) is 0 Å². The molecule has 88 valence electrons. The van der Waals surface area contributed by atoms with E-state index in [2.05, 4.69) is 15.9 Å². The van der Waals surface area contributed by atoms with Crippen LogP contribution in [-0.2, 0) is 19.7 Å². The second-order valence-corrected chi connectivity index (χ2v) is 5.19. The first kappa shape index (κ1) is 10.8. The average Bonchev–Trinajstić information content (AvgIpc) is 2.73. The van der Waals surface area contributed by atoms with Crippen LogP contribution in [0.5, 0.6) is 0 Å². The highest BCUT2D eigenvalue weighted by Crippen LogP contribution is 2.60. The molecular weight excluding hydrogens is 284 g/mol. The van der Waals surface area contributed by atoms with E-state index >= 15 is 0 Å². The number of esters is 1. The molecule has 1 saturated carbocycles. The van der Waals surface area contributed by atoms with Crippen LogP contribution in [0, 0.1) is 5.92 Å². The number of halogens is 1. The normalized spacial score (nSPS) is 32.8. The number of rotatable bonds is 2. The van der Waals surface area contributed by atoms with E-state index in [1.54, 1.807) is 6.26 Å². The molecule has 0 N–H and O–H groups in total. The predicted octanol–water partition coefficient (Wildman–Crippen LogP) is 2.40. The molecule has 3 nitrogen and oxygen atoms in total. The van der Waals surface area contributed by atoms with Crippen LogP contribution in [0.15, 0.2) is 41.1 Å². The van der Waals surface area contributed by atoms with Crippen LogP contribution in [0.1, 0.15) is 5.56 Å². The van der Waals surface area contributed by atoms with Crippen molar-refractivity contribution >= 4 is 21.9 Å². The number of carbonyl (C=O) groups is 1. The van der Waals surface area contributed by atoms with Gasteiger partial charge in [-0.25, -0.2) is 0 Å². The highest BCUT2D eigenvalue weighted by atomic mass is 79.9. The van der Waals surface area contributed by atoms with Gasteiger partial charge < -0.3 is 9.47 Å². The molecule has 1 heterocycles. The lowest BCUT2D eigenvalue weighted by Gasteiger charge is -2.16. The first-order valence-electron chi connectivity index (χ1n) is 5.38. The van der Waals surface area contributed by atoms with Gasteiger partial charge in [0, 0.05) is 10.4 Å². The lowest BCUT2D eigenvalue weighted by atomic mass is 9.92. The van der Waals surface area contributed by atoms with E-state index in [4.69, 9.17) is 9.47 Å². The zero-order valence-corrected chi connectivity index (χ0v) is 10.8. The lowest BCUT2D eigenvalue weighted by Crippen LogP contribution is -2.28. The van der Waals surface area contributed by atoms with Crippen LogP contribution in [0.3, 0.4) is 0 Å². The number of hydrogen-bond acceptors (Lipinski definition) is 3. The van der Waals surface area contributed by atoms with Crippen molar-refractivity contribution in [3.05, 3.63) is 46.6 Å². The van der Waals surface area contributed by atoms with Crippen LogP contribution >= 0.6 is 15.9 Å². The van der Waals surface area contributed by atoms with Gasteiger partial charge in [0.2, 0.25) is 0 Å². The molecule has 0 saturated heterocycles. The molecule has 1 aliphatic heterocycles. The maximum atomic E-state index is 12.0. The van der Waals surface area contributed by atoms with Gasteiger partial charge in [0.1, 0.15) is 11.5 Å². The molecule has 2 aliphatic rings. The first-order chi connectivity index (χ1) is 8.21. The highest BCUT2D eigenvalue weighted by molar-refractivity contribution is 9.10. The predicted molar refractivity (Wildman–Crippen MR) is 65.3 cm³/mol. The van der Waals surface area contributed by atoms with E-state index in [9.17, 15) is 4.79 Å². The fourth-order valence-electron chi connectivity index (χ4n) is 2.66. The van der Waals surface area contributed by atoms with Gasteiger partial charge >= 0.3 is 5.97 Å². The number of fused-ring (bicyclic) bond motifs is 1. The SMILES string of the molecule is COC(=O)[C@@]1(c2ccc(Br)cc2)[C@@H]2C=CO[C@@H]21. The summed E-state index contributed by atoms with van der Waals surface area (Å²) in [4.78, 5) is 12.0. The van der Waals surface area contributed by atoms with Crippen molar-refractivity contribution in [2.45, 2.75) is 11.5 Å². The fraction of sp³-hybridized carbons (Fsp3) is 0.308. The number of methoxy groups -OCH3 is 1. The number of ether oxygens (including phenoxy) is 2. The monoisotopic (exact) mass is 294 g/mol. The quantitative estimate of drug-likeness (QED) is 0.786. The fourth-order valence-corrected chi connectivity index (χ4v) is 2.93.